The minimum atomic E-state index is -1.21. The number of ketones is 2. The van der Waals surface area contributed by atoms with Crippen molar-refractivity contribution in [3.63, 3.8) is 0 Å². The summed E-state index contributed by atoms with van der Waals surface area (Å²) in [6.45, 7) is -0.641. The number of hydrogen-bond donors (Lipinski definition) is 4. The van der Waals surface area contributed by atoms with Crippen molar-refractivity contribution in [1.29, 1.82) is 0 Å². The second-order valence-electron chi connectivity index (χ2n) is 13.2. The molecular formula is C42H36N6O10. The number of nitrogens with one attached hydrogen (secondary N) is 4. The number of likely N-dealkylation sites (tertiary alicyclic amines) is 2. The molecule has 2 aliphatic rings. The fourth-order valence-corrected chi connectivity index (χ4v) is 6.53. The number of hydrogen-bond acceptors (Lipinski definition) is 10. The van der Waals surface area contributed by atoms with Crippen LogP contribution in [-0.4, -0.2) is 96.6 Å². The number of nitrogens with zero attached hydrogens (tertiary/aromatic N) is 2. The number of Topliss-reactive ketones (excluding diaryl/α,β-unsaturated/α-hetero) is 2. The van der Waals surface area contributed by atoms with Crippen LogP contribution in [0, 0.1) is 24.3 Å². The highest BCUT2D eigenvalue weighted by molar-refractivity contribution is 6.06. The van der Waals surface area contributed by atoms with E-state index < -0.39 is 60.0 Å². The molecule has 4 N–H and O–H groups in total. The Morgan fingerprint density at radius 3 is 1.28 bits per heavy atom. The van der Waals surface area contributed by atoms with Crippen LogP contribution < -0.4 is 21.3 Å². The lowest BCUT2D eigenvalue weighted by atomic mass is 10.0. The van der Waals surface area contributed by atoms with Crippen LogP contribution in [0.4, 0.5) is 21.0 Å². The van der Waals surface area contributed by atoms with Gasteiger partial charge in [-0.25, -0.2) is 9.59 Å². The van der Waals surface area contributed by atoms with Gasteiger partial charge >= 0.3 is 12.2 Å². The first kappa shape index (κ1) is 40.0. The molecule has 2 aliphatic heterocycles. The first-order valence-electron chi connectivity index (χ1n) is 17.9. The first-order chi connectivity index (χ1) is 27.9. The Labute approximate surface area is 332 Å². The number of alkyl carbamates (subject to hydrolysis) is 2. The SMILES string of the molecule is COC(=O)N[C@@H](C(=O)N1CC(=O)C[C@H]1C(=O)Nc1c#cc(-c2c#cc(NC(=O)[C@@H]3CC(=O)CN3C(=O)[C@H](NC(=O)OC)c3ccccc3)cc2)cc1)c1ccccc1. The predicted octanol–water partition coefficient (Wildman–Crippen LogP) is 2.97. The lowest BCUT2D eigenvalue weighted by Crippen LogP contribution is -2.48. The van der Waals surface area contributed by atoms with Gasteiger partial charge in [-0.15, -0.1) is 0 Å². The molecule has 0 unspecified atom stereocenters. The minimum Gasteiger partial charge on any atom is -0.453 e. The molecule has 4 aromatic rings. The molecule has 0 bridgehead atoms. The highest BCUT2D eigenvalue weighted by Gasteiger charge is 2.43. The molecule has 4 aromatic carbocycles. The Hall–Kier alpha value is -7.72. The monoisotopic (exact) mass is 784 g/mol. The van der Waals surface area contributed by atoms with E-state index in [0.29, 0.717) is 22.3 Å². The average Bonchev–Trinajstić information content (AvgIpc) is 3.85. The van der Waals surface area contributed by atoms with Gasteiger partial charge in [-0.1, -0.05) is 72.8 Å². The molecule has 16 nitrogen and oxygen atoms in total. The van der Waals surface area contributed by atoms with E-state index in [2.05, 4.69) is 55.0 Å². The molecule has 6 rings (SSSR count). The van der Waals surface area contributed by atoms with Crippen LogP contribution in [0.5, 0.6) is 0 Å². The number of benzene rings is 2. The van der Waals surface area contributed by atoms with E-state index in [1.165, 1.54) is 0 Å². The topological polar surface area (TPSA) is 210 Å². The summed E-state index contributed by atoms with van der Waals surface area (Å²) in [5, 5.41) is 10.3. The van der Waals surface area contributed by atoms with Crippen LogP contribution in [0.1, 0.15) is 36.1 Å². The van der Waals surface area contributed by atoms with Crippen LogP contribution in [0.25, 0.3) is 11.1 Å². The van der Waals surface area contributed by atoms with E-state index in [4.69, 9.17) is 0 Å². The maximum absolute atomic E-state index is 13.7. The van der Waals surface area contributed by atoms with E-state index in [-0.39, 0.29) is 48.9 Å². The number of rotatable bonds is 11. The normalized spacial score (nSPS) is 16.9. The standard InChI is InChI=1S/C42H36N6O10/c1-57-41(55)45-35(27-9-5-3-6-10-27)39(53)47-23-31(49)21-33(47)37(51)43-29-17-13-25(14-18-29)26-15-19-30(20-16-26)44-38(52)34-22-32(50)24-48(34)40(54)36(46-42(56)58-2)28-11-7-4-8-12-28/h3-13,15,17,19,33-36H,21-24H2,1-2H3,(H,43,51)(H,44,52)(H,45,55)(H,46,56)/t33-,34-,35+,36+/m0/s1. The second-order valence-corrected chi connectivity index (χ2v) is 13.2. The van der Waals surface area contributed by atoms with Gasteiger partial charge in [-0.2, -0.15) is 0 Å². The summed E-state index contributed by atoms with van der Waals surface area (Å²) in [5.41, 5.74) is 2.30. The maximum atomic E-state index is 13.7. The average molecular weight is 785 g/mol. The van der Waals surface area contributed by atoms with E-state index >= 15 is 0 Å². The summed E-state index contributed by atoms with van der Waals surface area (Å²) in [6, 6.07) is 29.9. The number of methoxy groups -OCH3 is 2. The van der Waals surface area contributed by atoms with Crippen molar-refractivity contribution in [3.8, 4) is 11.1 Å². The maximum Gasteiger partial charge on any atom is 0.407 e. The third kappa shape index (κ3) is 9.21. The minimum absolute atomic E-state index is 0.210. The Morgan fingerprint density at radius 2 is 0.948 bits per heavy atom. The molecule has 58 heavy (non-hydrogen) atoms. The van der Waals surface area contributed by atoms with Gasteiger partial charge in [0, 0.05) is 24.0 Å². The lowest BCUT2D eigenvalue weighted by Gasteiger charge is -2.28. The third-order valence-electron chi connectivity index (χ3n) is 9.42. The fraction of sp³-hybridized carbons (Fsp3) is 0.238. The largest absolute Gasteiger partial charge is 0.453 e. The lowest BCUT2D eigenvalue weighted by molar-refractivity contribution is -0.138. The van der Waals surface area contributed by atoms with Crippen molar-refractivity contribution in [3.05, 3.63) is 120 Å². The number of anilines is 2. The van der Waals surface area contributed by atoms with Gasteiger partial charge in [-0.05, 0) is 47.5 Å². The van der Waals surface area contributed by atoms with Crippen molar-refractivity contribution in [1.82, 2.24) is 20.4 Å². The van der Waals surface area contributed by atoms with Crippen LogP contribution in [0.3, 0.4) is 0 Å². The number of amides is 6. The Morgan fingerprint density at radius 1 is 0.569 bits per heavy atom. The summed E-state index contributed by atoms with van der Waals surface area (Å²) in [6.07, 6.45) is -2.17. The molecule has 2 saturated heterocycles. The van der Waals surface area contributed by atoms with E-state index in [1.54, 1.807) is 84.9 Å². The van der Waals surface area contributed by atoms with Gasteiger partial charge in [0.25, 0.3) is 11.8 Å². The summed E-state index contributed by atoms with van der Waals surface area (Å²) in [7, 11) is 2.31. The first-order valence-corrected chi connectivity index (χ1v) is 17.9. The Balaban J connectivity index is 1.09. The van der Waals surface area contributed by atoms with Crippen LogP contribution in [0.2, 0.25) is 0 Å². The van der Waals surface area contributed by atoms with Crippen molar-refractivity contribution in [2.24, 2.45) is 0 Å². The zero-order chi connectivity index (χ0) is 41.3. The van der Waals surface area contributed by atoms with Gasteiger partial charge in [-0.3, -0.25) is 28.8 Å². The van der Waals surface area contributed by atoms with Crippen LogP contribution >= 0.6 is 0 Å². The number of carbonyl (C=O) groups excluding carboxylic acids is 8. The van der Waals surface area contributed by atoms with E-state index in [9.17, 15) is 38.4 Å². The molecule has 2 fully saturated rings. The van der Waals surface area contributed by atoms with Gasteiger partial charge < -0.3 is 40.5 Å². The molecular weight excluding hydrogens is 748 g/mol. The zero-order valence-corrected chi connectivity index (χ0v) is 31.2. The second kappa shape index (κ2) is 17.8. The molecule has 6 amide bonds. The fourth-order valence-electron chi connectivity index (χ4n) is 6.53. The highest BCUT2D eigenvalue weighted by Crippen LogP contribution is 2.26. The van der Waals surface area contributed by atoms with Gasteiger partial charge in [0.05, 0.1) is 38.7 Å². The summed E-state index contributed by atoms with van der Waals surface area (Å²) in [5.74, 6) is -3.26. The molecule has 0 saturated carbocycles. The summed E-state index contributed by atoms with van der Waals surface area (Å²) >= 11 is 0. The summed E-state index contributed by atoms with van der Waals surface area (Å²) in [4.78, 5) is 106. The molecule has 4 atom stereocenters. The summed E-state index contributed by atoms with van der Waals surface area (Å²) < 4.78 is 9.37. The number of ether oxygens (including phenoxy) is 2. The van der Waals surface area contributed by atoms with Crippen molar-refractivity contribution in [2.75, 3.05) is 37.9 Å². The van der Waals surface area contributed by atoms with Crippen LogP contribution in [-0.2, 0) is 38.2 Å². The van der Waals surface area contributed by atoms with Crippen molar-refractivity contribution >= 4 is 58.8 Å². The van der Waals surface area contributed by atoms with Crippen molar-refractivity contribution in [2.45, 2.75) is 37.0 Å². The van der Waals surface area contributed by atoms with Gasteiger partial charge in [0.1, 0.15) is 24.2 Å². The Kier molecular flexibility index (Phi) is 12.3. The number of carbonyl (C=O) groups is 8. The molecule has 0 aliphatic carbocycles. The zero-order valence-electron chi connectivity index (χ0n) is 31.2. The quantitative estimate of drug-likeness (QED) is 0.175. The van der Waals surface area contributed by atoms with Crippen LogP contribution in [0.15, 0.2) is 84.9 Å². The van der Waals surface area contributed by atoms with E-state index in [1.807, 2.05) is 0 Å². The smallest absolute Gasteiger partial charge is 0.407 e. The molecule has 0 spiro atoms. The van der Waals surface area contributed by atoms with E-state index in [0.717, 1.165) is 24.0 Å². The van der Waals surface area contributed by atoms with Gasteiger partial charge in [0.2, 0.25) is 11.8 Å². The predicted molar refractivity (Wildman–Crippen MR) is 204 cm³/mol. The molecule has 294 valence electrons. The van der Waals surface area contributed by atoms with Crippen molar-refractivity contribution < 1.29 is 47.8 Å². The molecule has 0 radical (unpaired) electrons. The third-order valence-corrected chi connectivity index (χ3v) is 9.42. The highest BCUT2D eigenvalue weighted by atomic mass is 16.5. The molecule has 0 aromatic heterocycles. The Bertz CT molecular complexity index is 2040. The molecule has 2 heterocycles. The molecule has 16 heteroatoms. The van der Waals surface area contributed by atoms with Gasteiger partial charge in [0.15, 0.2) is 11.6 Å².